The van der Waals surface area contributed by atoms with Crippen LogP contribution in [-0.4, -0.2) is 75.6 Å². The lowest BCUT2D eigenvalue weighted by Crippen LogP contribution is -2.39. The largest absolute Gasteiger partial charge is 0.493 e. The van der Waals surface area contributed by atoms with Crippen LogP contribution in [0, 0.1) is 0 Å². The fourth-order valence-corrected chi connectivity index (χ4v) is 4.11. The Morgan fingerprint density at radius 3 is 2.47 bits per heavy atom. The highest BCUT2D eigenvalue weighted by Crippen LogP contribution is 2.38. The van der Waals surface area contributed by atoms with Gasteiger partial charge in [0.25, 0.3) is 0 Å². The van der Waals surface area contributed by atoms with Gasteiger partial charge in [-0.1, -0.05) is 12.1 Å². The molecule has 186 valence electrons. The highest BCUT2D eigenvalue weighted by molar-refractivity contribution is 5.94. The van der Waals surface area contributed by atoms with Gasteiger partial charge in [-0.15, -0.1) is 0 Å². The number of methoxy groups -OCH3 is 3. The second-order valence-electron chi connectivity index (χ2n) is 8.41. The van der Waals surface area contributed by atoms with Gasteiger partial charge >= 0.3 is 0 Å². The van der Waals surface area contributed by atoms with Gasteiger partial charge in [-0.2, -0.15) is 0 Å². The second-order valence-corrected chi connectivity index (χ2v) is 8.41. The van der Waals surface area contributed by atoms with Crippen LogP contribution in [0.4, 0.5) is 0 Å². The van der Waals surface area contributed by atoms with E-state index in [0.29, 0.717) is 48.2 Å². The lowest BCUT2D eigenvalue weighted by atomic mass is 10.1. The Hall–Kier alpha value is -2.81. The highest BCUT2D eigenvalue weighted by atomic mass is 16.5. The van der Waals surface area contributed by atoms with Crippen LogP contribution >= 0.6 is 0 Å². The summed E-state index contributed by atoms with van der Waals surface area (Å²) >= 11 is 0. The highest BCUT2D eigenvalue weighted by Gasteiger charge is 2.23. The predicted molar refractivity (Wildman–Crippen MR) is 128 cm³/mol. The Kier molecular flexibility index (Phi) is 9.56. The third-order valence-corrected chi connectivity index (χ3v) is 5.77. The number of hydrogen-bond acceptors (Lipinski definition) is 8. The van der Waals surface area contributed by atoms with E-state index in [4.69, 9.17) is 23.7 Å². The van der Waals surface area contributed by atoms with Gasteiger partial charge in [-0.3, -0.25) is 9.69 Å². The van der Waals surface area contributed by atoms with E-state index in [2.05, 4.69) is 4.90 Å². The van der Waals surface area contributed by atoms with E-state index in [0.717, 1.165) is 25.0 Å². The van der Waals surface area contributed by atoms with Crippen LogP contribution in [0.3, 0.4) is 0 Å². The fourth-order valence-electron chi connectivity index (χ4n) is 4.11. The summed E-state index contributed by atoms with van der Waals surface area (Å²) in [5.74, 6) is 2.24. The van der Waals surface area contributed by atoms with Gasteiger partial charge in [0.05, 0.1) is 27.4 Å². The molecule has 3 rings (SSSR count). The Bertz CT molecular complexity index is 917. The zero-order valence-corrected chi connectivity index (χ0v) is 20.4. The van der Waals surface area contributed by atoms with Crippen molar-refractivity contribution in [2.45, 2.75) is 38.5 Å². The molecule has 34 heavy (non-hydrogen) atoms. The van der Waals surface area contributed by atoms with Crippen LogP contribution in [0.1, 0.15) is 35.7 Å². The summed E-state index contributed by atoms with van der Waals surface area (Å²) in [6.45, 7) is 4.03. The molecule has 2 unspecified atom stereocenters. The van der Waals surface area contributed by atoms with Crippen LogP contribution < -0.4 is 18.9 Å². The first-order chi connectivity index (χ1) is 16.4. The molecule has 1 aliphatic rings. The van der Waals surface area contributed by atoms with Gasteiger partial charge in [-0.25, -0.2) is 0 Å². The molecule has 0 saturated carbocycles. The standard InChI is InChI=1S/C26H35NO7/c1-18(28)20-7-5-8-22(13-20)34-17-21(29)15-27(16-23-9-6-10-33-23)14-19-11-24(30-2)26(32-4)25(12-19)31-3/h5,7-8,11-13,21,23,29H,6,9-10,14-17H2,1-4H3. The van der Waals surface area contributed by atoms with E-state index in [1.165, 1.54) is 6.92 Å². The van der Waals surface area contributed by atoms with Gasteiger partial charge in [-0.05, 0) is 49.6 Å². The number of aliphatic hydroxyl groups is 1. The number of ether oxygens (including phenoxy) is 5. The minimum atomic E-state index is -0.732. The first-order valence-corrected chi connectivity index (χ1v) is 11.5. The van der Waals surface area contributed by atoms with Crippen molar-refractivity contribution in [1.29, 1.82) is 0 Å². The average Bonchev–Trinajstić information content (AvgIpc) is 3.35. The molecule has 1 aliphatic heterocycles. The Morgan fingerprint density at radius 1 is 1.15 bits per heavy atom. The van der Waals surface area contributed by atoms with Crippen LogP contribution in [0.15, 0.2) is 36.4 Å². The number of aliphatic hydroxyl groups excluding tert-OH is 1. The molecule has 0 aliphatic carbocycles. The van der Waals surface area contributed by atoms with E-state index in [9.17, 15) is 9.90 Å². The molecule has 2 aromatic carbocycles. The normalized spacial score (nSPS) is 16.4. The molecule has 2 atom stereocenters. The summed E-state index contributed by atoms with van der Waals surface area (Å²) in [5, 5.41) is 10.8. The van der Waals surface area contributed by atoms with Crippen molar-refractivity contribution < 1.29 is 33.6 Å². The van der Waals surface area contributed by atoms with E-state index in [1.807, 2.05) is 12.1 Å². The molecule has 8 heteroatoms. The third kappa shape index (κ3) is 7.09. The lowest BCUT2D eigenvalue weighted by molar-refractivity contribution is 0.0313. The quantitative estimate of drug-likeness (QED) is 0.444. The molecule has 1 heterocycles. The maximum atomic E-state index is 11.6. The minimum absolute atomic E-state index is 0.0286. The Morgan fingerprint density at radius 2 is 1.88 bits per heavy atom. The summed E-state index contributed by atoms with van der Waals surface area (Å²) in [5.41, 5.74) is 1.55. The smallest absolute Gasteiger partial charge is 0.203 e. The molecule has 2 aromatic rings. The zero-order chi connectivity index (χ0) is 24.5. The van der Waals surface area contributed by atoms with Gasteiger partial charge in [0.15, 0.2) is 17.3 Å². The van der Waals surface area contributed by atoms with Gasteiger partial charge in [0.2, 0.25) is 5.75 Å². The predicted octanol–water partition coefficient (Wildman–Crippen LogP) is 3.34. The second kappa shape index (κ2) is 12.6. The minimum Gasteiger partial charge on any atom is -0.493 e. The van der Waals surface area contributed by atoms with E-state index >= 15 is 0 Å². The first-order valence-electron chi connectivity index (χ1n) is 11.5. The molecule has 0 spiro atoms. The number of benzene rings is 2. The molecular weight excluding hydrogens is 438 g/mol. The maximum Gasteiger partial charge on any atom is 0.203 e. The summed E-state index contributed by atoms with van der Waals surface area (Å²) in [6.07, 6.45) is 1.43. The number of ketones is 1. The maximum absolute atomic E-state index is 11.6. The number of Topliss-reactive ketones (excluding diaryl/α,β-unsaturated/α-hetero) is 1. The molecule has 1 saturated heterocycles. The van der Waals surface area contributed by atoms with Crippen molar-refractivity contribution in [2.75, 3.05) is 47.6 Å². The van der Waals surface area contributed by atoms with Gasteiger partial charge in [0.1, 0.15) is 18.5 Å². The number of nitrogens with zero attached hydrogens (tertiary/aromatic N) is 1. The van der Waals surface area contributed by atoms with Crippen LogP contribution in [-0.2, 0) is 11.3 Å². The van der Waals surface area contributed by atoms with Crippen molar-refractivity contribution in [1.82, 2.24) is 4.90 Å². The topological polar surface area (TPSA) is 86.7 Å². The SMILES string of the molecule is COc1cc(CN(CC(O)COc2cccc(C(C)=O)c2)CC2CCCO2)cc(OC)c1OC. The Labute approximate surface area is 201 Å². The first kappa shape index (κ1) is 25.8. The number of carbonyl (C=O) groups excluding carboxylic acids is 1. The molecule has 1 N–H and O–H groups in total. The van der Waals surface area contributed by atoms with Crippen LogP contribution in [0.5, 0.6) is 23.0 Å². The molecule has 1 fully saturated rings. The Balaban J connectivity index is 1.69. The summed E-state index contributed by atoms with van der Waals surface area (Å²) in [7, 11) is 4.76. The van der Waals surface area contributed by atoms with Crippen molar-refractivity contribution in [3.63, 3.8) is 0 Å². The molecule has 0 aromatic heterocycles. The van der Waals surface area contributed by atoms with Crippen molar-refractivity contribution in [3.8, 4) is 23.0 Å². The summed E-state index contributed by atoms with van der Waals surface area (Å²) in [4.78, 5) is 13.8. The third-order valence-electron chi connectivity index (χ3n) is 5.77. The summed E-state index contributed by atoms with van der Waals surface area (Å²) < 4.78 is 28.0. The van der Waals surface area contributed by atoms with E-state index in [1.54, 1.807) is 45.6 Å². The molecule has 0 radical (unpaired) electrons. The number of hydrogen-bond donors (Lipinski definition) is 1. The van der Waals surface area contributed by atoms with Gasteiger partial charge in [0, 0.05) is 31.8 Å². The molecule has 0 amide bonds. The van der Waals surface area contributed by atoms with Crippen LogP contribution in [0.25, 0.3) is 0 Å². The lowest BCUT2D eigenvalue weighted by Gasteiger charge is -2.28. The van der Waals surface area contributed by atoms with E-state index < -0.39 is 6.10 Å². The molecule has 8 nitrogen and oxygen atoms in total. The monoisotopic (exact) mass is 473 g/mol. The molecule has 0 bridgehead atoms. The number of carbonyl (C=O) groups is 1. The fraction of sp³-hybridized carbons (Fsp3) is 0.500. The van der Waals surface area contributed by atoms with Crippen molar-refractivity contribution >= 4 is 5.78 Å². The molecular formula is C26H35NO7. The average molecular weight is 474 g/mol. The van der Waals surface area contributed by atoms with Crippen LogP contribution in [0.2, 0.25) is 0 Å². The van der Waals surface area contributed by atoms with E-state index in [-0.39, 0.29) is 18.5 Å². The number of rotatable bonds is 13. The zero-order valence-electron chi connectivity index (χ0n) is 20.4. The summed E-state index contributed by atoms with van der Waals surface area (Å²) in [6, 6.07) is 10.8. The van der Waals surface area contributed by atoms with Crippen molar-refractivity contribution in [2.24, 2.45) is 0 Å². The van der Waals surface area contributed by atoms with Gasteiger partial charge < -0.3 is 28.8 Å². The van der Waals surface area contributed by atoms with Crippen molar-refractivity contribution in [3.05, 3.63) is 47.5 Å².